The molecular formula is C13H18ClF3N2O2. The summed E-state index contributed by atoms with van der Waals surface area (Å²) in [6.07, 6.45) is -4.56. The van der Waals surface area contributed by atoms with Crippen LogP contribution in [0.3, 0.4) is 0 Å². The molecule has 0 aliphatic heterocycles. The van der Waals surface area contributed by atoms with E-state index in [1.54, 1.807) is 19.0 Å². The van der Waals surface area contributed by atoms with Crippen molar-refractivity contribution in [1.82, 2.24) is 10.2 Å². The first-order chi connectivity index (χ1) is 9.31. The molecule has 0 aliphatic carbocycles. The molecular weight excluding hydrogens is 309 g/mol. The number of carbonyl (C=O) groups excluding carboxylic acids is 1. The maximum absolute atomic E-state index is 12.0. The SMILES string of the molecule is CNCCN(C)C(=O)Cc1ccc(OC(F)(F)F)cc1.Cl. The van der Waals surface area contributed by atoms with E-state index in [0.717, 1.165) is 0 Å². The molecule has 0 saturated carbocycles. The number of hydrogen-bond acceptors (Lipinski definition) is 3. The Labute approximate surface area is 127 Å². The first kappa shape index (κ1) is 19.5. The third-order valence-electron chi connectivity index (χ3n) is 2.64. The van der Waals surface area contributed by atoms with Crippen LogP contribution in [-0.2, 0) is 11.2 Å². The number of amides is 1. The highest BCUT2D eigenvalue weighted by atomic mass is 35.5. The van der Waals surface area contributed by atoms with Gasteiger partial charge in [0.25, 0.3) is 0 Å². The van der Waals surface area contributed by atoms with Gasteiger partial charge in [-0.25, -0.2) is 0 Å². The van der Waals surface area contributed by atoms with Crippen molar-refractivity contribution < 1.29 is 22.7 Å². The summed E-state index contributed by atoms with van der Waals surface area (Å²) in [6.45, 7) is 1.26. The monoisotopic (exact) mass is 326 g/mol. The zero-order chi connectivity index (χ0) is 15.2. The standard InChI is InChI=1S/C13H17F3N2O2.ClH/c1-17-7-8-18(2)12(19)9-10-3-5-11(6-4-10)20-13(14,15)16;/h3-6,17H,7-9H2,1-2H3;1H. The molecule has 0 heterocycles. The summed E-state index contributed by atoms with van der Waals surface area (Å²) >= 11 is 0. The largest absolute Gasteiger partial charge is 0.573 e. The zero-order valence-corrected chi connectivity index (χ0v) is 12.6. The number of benzene rings is 1. The Kier molecular flexibility index (Phi) is 8.12. The topological polar surface area (TPSA) is 41.6 Å². The molecule has 0 radical (unpaired) electrons. The summed E-state index contributed by atoms with van der Waals surface area (Å²) in [5.74, 6) is -0.387. The van der Waals surface area contributed by atoms with Gasteiger partial charge in [0.15, 0.2) is 0 Å². The van der Waals surface area contributed by atoms with Crippen molar-refractivity contribution in [1.29, 1.82) is 0 Å². The molecule has 1 aromatic carbocycles. The Morgan fingerprint density at radius 2 is 1.86 bits per heavy atom. The number of rotatable bonds is 6. The number of likely N-dealkylation sites (N-methyl/N-ethyl adjacent to an activating group) is 2. The highest BCUT2D eigenvalue weighted by Crippen LogP contribution is 2.22. The van der Waals surface area contributed by atoms with Crippen molar-refractivity contribution in [2.24, 2.45) is 0 Å². The molecule has 4 nitrogen and oxygen atoms in total. The molecule has 0 unspecified atom stereocenters. The van der Waals surface area contributed by atoms with Gasteiger partial charge in [0.05, 0.1) is 6.42 Å². The first-order valence-electron chi connectivity index (χ1n) is 6.05. The minimum Gasteiger partial charge on any atom is -0.406 e. The minimum atomic E-state index is -4.70. The Balaban J connectivity index is 0.00000400. The molecule has 8 heteroatoms. The number of hydrogen-bond donors (Lipinski definition) is 1. The van der Waals surface area contributed by atoms with Gasteiger partial charge in [-0.1, -0.05) is 12.1 Å². The highest BCUT2D eigenvalue weighted by Gasteiger charge is 2.30. The van der Waals surface area contributed by atoms with Crippen LogP contribution in [0.4, 0.5) is 13.2 Å². The number of nitrogens with one attached hydrogen (secondary N) is 1. The second-order valence-electron chi connectivity index (χ2n) is 4.29. The van der Waals surface area contributed by atoms with E-state index in [-0.39, 0.29) is 30.5 Å². The smallest absolute Gasteiger partial charge is 0.406 e. The van der Waals surface area contributed by atoms with Crippen LogP contribution in [0.15, 0.2) is 24.3 Å². The fourth-order valence-electron chi connectivity index (χ4n) is 1.52. The van der Waals surface area contributed by atoms with E-state index in [0.29, 0.717) is 18.7 Å². The molecule has 1 aromatic rings. The van der Waals surface area contributed by atoms with E-state index in [1.807, 2.05) is 0 Å². The van der Waals surface area contributed by atoms with Gasteiger partial charge in [-0.3, -0.25) is 4.79 Å². The number of nitrogens with zero attached hydrogens (tertiary/aromatic N) is 1. The Hall–Kier alpha value is -1.47. The van der Waals surface area contributed by atoms with E-state index in [4.69, 9.17) is 0 Å². The molecule has 0 spiro atoms. The van der Waals surface area contributed by atoms with Crippen LogP contribution in [0.25, 0.3) is 0 Å². The van der Waals surface area contributed by atoms with Crippen LogP contribution in [-0.4, -0.2) is 44.4 Å². The van der Waals surface area contributed by atoms with Crippen LogP contribution in [0.1, 0.15) is 5.56 Å². The summed E-state index contributed by atoms with van der Waals surface area (Å²) in [5.41, 5.74) is 0.640. The molecule has 1 N–H and O–H groups in total. The highest BCUT2D eigenvalue weighted by molar-refractivity contribution is 5.85. The molecule has 0 saturated heterocycles. The molecule has 1 rings (SSSR count). The second kappa shape index (κ2) is 8.74. The maximum Gasteiger partial charge on any atom is 0.573 e. The summed E-state index contributed by atoms with van der Waals surface area (Å²) < 4.78 is 39.7. The Bertz CT molecular complexity index is 438. The predicted octanol–water partition coefficient (Wildman–Crippen LogP) is 2.23. The van der Waals surface area contributed by atoms with Crippen LogP contribution in [0.2, 0.25) is 0 Å². The summed E-state index contributed by atoms with van der Waals surface area (Å²) in [5, 5.41) is 2.93. The lowest BCUT2D eigenvalue weighted by Crippen LogP contribution is -2.33. The molecule has 120 valence electrons. The van der Waals surface area contributed by atoms with Crippen LogP contribution >= 0.6 is 12.4 Å². The lowest BCUT2D eigenvalue weighted by Gasteiger charge is -2.17. The van der Waals surface area contributed by atoms with Gasteiger partial charge in [0.1, 0.15) is 5.75 Å². The fraction of sp³-hybridized carbons (Fsp3) is 0.462. The molecule has 0 bridgehead atoms. The van der Waals surface area contributed by atoms with Crippen molar-refractivity contribution >= 4 is 18.3 Å². The number of halogens is 4. The fourth-order valence-corrected chi connectivity index (χ4v) is 1.52. The summed E-state index contributed by atoms with van der Waals surface area (Å²) in [6, 6.07) is 5.29. The van der Waals surface area contributed by atoms with E-state index >= 15 is 0 Å². The minimum absolute atomic E-state index is 0. The maximum atomic E-state index is 12.0. The van der Waals surface area contributed by atoms with E-state index < -0.39 is 6.36 Å². The normalized spacial score (nSPS) is 10.7. The van der Waals surface area contributed by atoms with Crippen molar-refractivity contribution in [3.63, 3.8) is 0 Å². The van der Waals surface area contributed by atoms with Crippen molar-refractivity contribution in [3.8, 4) is 5.75 Å². The molecule has 1 amide bonds. The quantitative estimate of drug-likeness (QED) is 0.871. The van der Waals surface area contributed by atoms with Gasteiger partial charge < -0.3 is 15.0 Å². The van der Waals surface area contributed by atoms with E-state index in [9.17, 15) is 18.0 Å². The molecule has 0 aromatic heterocycles. The van der Waals surface area contributed by atoms with Gasteiger partial charge in [-0.15, -0.1) is 25.6 Å². The lowest BCUT2D eigenvalue weighted by atomic mass is 10.1. The predicted molar refractivity (Wildman–Crippen MR) is 75.6 cm³/mol. The van der Waals surface area contributed by atoms with Crippen molar-refractivity contribution in [2.45, 2.75) is 12.8 Å². The number of alkyl halides is 3. The summed E-state index contributed by atoms with van der Waals surface area (Å²) in [7, 11) is 3.47. The third-order valence-corrected chi connectivity index (χ3v) is 2.64. The average Bonchev–Trinajstić information content (AvgIpc) is 2.36. The van der Waals surface area contributed by atoms with E-state index in [2.05, 4.69) is 10.1 Å². The van der Waals surface area contributed by atoms with Gasteiger partial charge >= 0.3 is 6.36 Å². The molecule has 21 heavy (non-hydrogen) atoms. The van der Waals surface area contributed by atoms with Gasteiger partial charge in [0, 0.05) is 20.1 Å². The zero-order valence-electron chi connectivity index (χ0n) is 11.7. The Morgan fingerprint density at radius 1 is 1.29 bits per heavy atom. The summed E-state index contributed by atoms with van der Waals surface area (Å²) in [4.78, 5) is 13.4. The molecule has 0 fully saturated rings. The Morgan fingerprint density at radius 3 is 2.33 bits per heavy atom. The first-order valence-corrected chi connectivity index (χ1v) is 6.05. The molecule has 0 atom stereocenters. The van der Waals surface area contributed by atoms with Gasteiger partial charge in [-0.05, 0) is 24.7 Å². The molecule has 0 aliphatic rings. The van der Waals surface area contributed by atoms with Crippen molar-refractivity contribution in [2.75, 3.05) is 27.2 Å². The third kappa shape index (κ3) is 7.77. The lowest BCUT2D eigenvalue weighted by molar-refractivity contribution is -0.274. The van der Waals surface area contributed by atoms with Crippen LogP contribution in [0.5, 0.6) is 5.75 Å². The van der Waals surface area contributed by atoms with Crippen LogP contribution < -0.4 is 10.1 Å². The van der Waals surface area contributed by atoms with Crippen molar-refractivity contribution in [3.05, 3.63) is 29.8 Å². The van der Waals surface area contributed by atoms with Gasteiger partial charge in [0.2, 0.25) is 5.91 Å². The number of carbonyl (C=O) groups is 1. The van der Waals surface area contributed by atoms with E-state index in [1.165, 1.54) is 24.3 Å². The van der Waals surface area contributed by atoms with Crippen LogP contribution in [0, 0.1) is 0 Å². The second-order valence-corrected chi connectivity index (χ2v) is 4.29. The number of ether oxygens (including phenoxy) is 1. The average molecular weight is 327 g/mol. The van der Waals surface area contributed by atoms with Gasteiger partial charge in [-0.2, -0.15) is 0 Å².